The number of aliphatic carboxylic acids is 2. The highest BCUT2D eigenvalue weighted by Gasteiger charge is 2.32. The van der Waals surface area contributed by atoms with Gasteiger partial charge in [-0.05, 0) is 36.2 Å². The van der Waals surface area contributed by atoms with Gasteiger partial charge in [0.2, 0.25) is 5.91 Å². The van der Waals surface area contributed by atoms with Gasteiger partial charge in [-0.2, -0.15) is 0 Å². The molecule has 0 heterocycles. The molecule has 0 saturated carbocycles. The van der Waals surface area contributed by atoms with Crippen molar-refractivity contribution < 1.29 is 29.4 Å². The molecule has 1 atom stereocenters. The first-order chi connectivity index (χ1) is 17.3. The summed E-state index contributed by atoms with van der Waals surface area (Å²) in [4.78, 5) is 49.6. The lowest BCUT2D eigenvalue weighted by Crippen LogP contribution is -2.48. The molecule has 8 nitrogen and oxygen atoms in total. The lowest BCUT2D eigenvalue weighted by atomic mass is 10.0. The number of carbonyl (C=O) groups excluding carboxylic acids is 2. The maximum absolute atomic E-state index is 13.1. The van der Waals surface area contributed by atoms with Crippen LogP contribution in [-0.2, 0) is 20.8 Å². The molecule has 0 aliphatic heterocycles. The van der Waals surface area contributed by atoms with Crippen molar-refractivity contribution in [2.24, 2.45) is 0 Å². The summed E-state index contributed by atoms with van der Waals surface area (Å²) in [6, 6.07) is 13.4. The van der Waals surface area contributed by atoms with Crippen molar-refractivity contribution in [1.29, 1.82) is 0 Å². The Morgan fingerprint density at radius 2 is 1.44 bits per heavy atom. The third-order valence-corrected chi connectivity index (χ3v) is 5.92. The average molecular weight is 497 g/mol. The number of nitrogens with zero attached hydrogens (tertiary/aromatic N) is 1. The molecule has 1 unspecified atom stereocenters. The molecule has 0 aromatic heterocycles. The van der Waals surface area contributed by atoms with Crippen LogP contribution in [0.5, 0.6) is 0 Å². The topological polar surface area (TPSA) is 124 Å². The summed E-state index contributed by atoms with van der Waals surface area (Å²) in [6.45, 7) is 1.43. The monoisotopic (exact) mass is 496 g/mol. The predicted molar refractivity (Wildman–Crippen MR) is 138 cm³/mol. The highest BCUT2D eigenvalue weighted by atomic mass is 16.4. The van der Waals surface area contributed by atoms with Crippen molar-refractivity contribution in [3.63, 3.8) is 0 Å². The molecule has 194 valence electrons. The second kappa shape index (κ2) is 15.3. The van der Waals surface area contributed by atoms with Crippen LogP contribution in [0.4, 0.5) is 5.69 Å². The first-order valence-corrected chi connectivity index (χ1v) is 12.5. The Morgan fingerprint density at radius 1 is 0.833 bits per heavy atom. The summed E-state index contributed by atoms with van der Waals surface area (Å²) >= 11 is 0. The molecule has 0 spiro atoms. The van der Waals surface area contributed by atoms with E-state index in [1.807, 2.05) is 0 Å². The maximum Gasteiger partial charge on any atom is 0.326 e. The molecule has 3 N–H and O–H groups in total. The number of rotatable bonds is 16. The molecule has 8 heteroatoms. The molecule has 2 aromatic rings. The summed E-state index contributed by atoms with van der Waals surface area (Å²) < 4.78 is 0. The van der Waals surface area contributed by atoms with Crippen LogP contribution < -0.4 is 5.32 Å². The Morgan fingerprint density at radius 3 is 2.03 bits per heavy atom. The van der Waals surface area contributed by atoms with Gasteiger partial charge in [-0.15, -0.1) is 0 Å². The minimum atomic E-state index is -1.35. The lowest BCUT2D eigenvalue weighted by molar-refractivity contribution is -0.144. The molecular weight excluding hydrogens is 460 g/mol. The van der Waals surface area contributed by atoms with Gasteiger partial charge >= 0.3 is 11.9 Å². The summed E-state index contributed by atoms with van der Waals surface area (Å²) in [5.74, 6) is -3.41. The van der Waals surface area contributed by atoms with Crippen molar-refractivity contribution in [2.45, 2.75) is 70.8 Å². The van der Waals surface area contributed by atoms with Crippen LogP contribution in [0, 0.1) is 0 Å². The normalized spacial score (nSPS) is 11.5. The van der Waals surface area contributed by atoms with Gasteiger partial charge in [-0.1, -0.05) is 75.8 Å². The van der Waals surface area contributed by atoms with E-state index in [0.29, 0.717) is 17.7 Å². The second-order valence-corrected chi connectivity index (χ2v) is 8.87. The zero-order valence-corrected chi connectivity index (χ0v) is 20.8. The van der Waals surface area contributed by atoms with E-state index in [2.05, 4.69) is 12.2 Å². The Bertz CT molecular complexity index is 991. The van der Waals surface area contributed by atoms with E-state index >= 15 is 0 Å². The van der Waals surface area contributed by atoms with E-state index in [9.17, 15) is 29.4 Å². The van der Waals surface area contributed by atoms with Gasteiger partial charge in [0.25, 0.3) is 5.91 Å². The summed E-state index contributed by atoms with van der Waals surface area (Å²) in [5, 5.41) is 21.9. The highest BCUT2D eigenvalue weighted by molar-refractivity contribution is 5.99. The summed E-state index contributed by atoms with van der Waals surface area (Å²) in [6.07, 6.45) is 8.22. The zero-order valence-electron chi connectivity index (χ0n) is 20.8. The number of nitrogens with one attached hydrogen (secondary N) is 1. The number of benzene rings is 2. The van der Waals surface area contributed by atoms with Gasteiger partial charge in [-0.25, -0.2) is 4.79 Å². The third-order valence-electron chi connectivity index (χ3n) is 5.92. The van der Waals surface area contributed by atoms with E-state index in [0.717, 1.165) is 24.2 Å². The van der Waals surface area contributed by atoms with Crippen LogP contribution in [0.15, 0.2) is 54.6 Å². The van der Waals surface area contributed by atoms with E-state index in [4.69, 9.17) is 0 Å². The minimum absolute atomic E-state index is 0.0259. The fourth-order valence-electron chi connectivity index (χ4n) is 3.97. The Labute approximate surface area is 212 Å². The van der Waals surface area contributed by atoms with Gasteiger partial charge in [-0.3, -0.25) is 14.4 Å². The second-order valence-electron chi connectivity index (χ2n) is 8.87. The first kappa shape index (κ1) is 28.6. The standard InChI is InChI=1S/C28H36N2O6/c1-2-3-4-5-6-7-11-14-25(31)29-23-17-15-22(16-18-23)27(34)30(20-26(32)33)24(28(35)36)19-21-12-9-8-10-13-21/h8-10,12-13,15-18,24H,2-7,11,14,19-20H2,1H3,(H,29,31)(H,32,33)(H,35,36). The van der Waals surface area contributed by atoms with Crippen molar-refractivity contribution in [2.75, 3.05) is 11.9 Å². The number of carboxylic acid groups (broad SMARTS) is 2. The lowest BCUT2D eigenvalue weighted by Gasteiger charge is -2.28. The van der Waals surface area contributed by atoms with Gasteiger partial charge in [0.1, 0.15) is 12.6 Å². The maximum atomic E-state index is 13.1. The molecule has 0 radical (unpaired) electrons. The van der Waals surface area contributed by atoms with Crippen LogP contribution in [0.1, 0.15) is 74.2 Å². The number of amides is 2. The molecule has 2 aromatic carbocycles. The summed E-state index contributed by atoms with van der Waals surface area (Å²) in [5.41, 5.74) is 1.33. The Balaban J connectivity index is 1.99. The van der Waals surface area contributed by atoms with E-state index in [1.165, 1.54) is 37.8 Å². The Kier molecular flexibility index (Phi) is 12.2. The smallest absolute Gasteiger partial charge is 0.326 e. The number of hydrogen-bond acceptors (Lipinski definition) is 4. The number of anilines is 1. The average Bonchev–Trinajstić information content (AvgIpc) is 2.86. The molecule has 0 bridgehead atoms. The number of carboxylic acids is 2. The van der Waals surface area contributed by atoms with E-state index in [-0.39, 0.29) is 17.9 Å². The van der Waals surface area contributed by atoms with Crippen LogP contribution in [-0.4, -0.2) is 51.5 Å². The van der Waals surface area contributed by atoms with Crippen molar-refractivity contribution >= 4 is 29.4 Å². The van der Waals surface area contributed by atoms with Crippen LogP contribution in [0.25, 0.3) is 0 Å². The van der Waals surface area contributed by atoms with E-state index < -0.39 is 30.4 Å². The predicted octanol–water partition coefficient (Wildman–Crippen LogP) is 4.99. The van der Waals surface area contributed by atoms with E-state index in [1.54, 1.807) is 42.5 Å². The zero-order chi connectivity index (χ0) is 26.3. The minimum Gasteiger partial charge on any atom is -0.480 e. The van der Waals surface area contributed by atoms with Crippen molar-refractivity contribution in [3.8, 4) is 0 Å². The van der Waals surface area contributed by atoms with Gasteiger partial charge in [0, 0.05) is 24.1 Å². The first-order valence-electron chi connectivity index (χ1n) is 12.5. The fraction of sp³-hybridized carbons (Fsp3) is 0.429. The Hall–Kier alpha value is -3.68. The molecule has 2 amide bonds. The number of hydrogen-bond donors (Lipinski definition) is 3. The molecule has 2 rings (SSSR count). The largest absolute Gasteiger partial charge is 0.480 e. The summed E-state index contributed by atoms with van der Waals surface area (Å²) in [7, 11) is 0. The van der Waals surface area contributed by atoms with Gasteiger partial charge in [0.05, 0.1) is 0 Å². The molecular formula is C28H36N2O6. The van der Waals surface area contributed by atoms with Crippen LogP contribution in [0.3, 0.4) is 0 Å². The number of unbranched alkanes of at least 4 members (excludes halogenated alkanes) is 6. The highest BCUT2D eigenvalue weighted by Crippen LogP contribution is 2.17. The number of carbonyl (C=O) groups is 4. The fourth-order valence-corrected chi connectivity index (χ4v) is 3.97. The SMILES string of the molecule is CCCCCCCCCC(=O)Nc1ccc(C(=O)N(CC(=O)O)C(Cc2ccccc2)C(=O)O)cc1. The van der Waals surface area contributed by atoms with Crippen molar-refractivity contribution in [3.05, 3.63) is 65.7 Å². The molecule has 36 heavy (non-hydrogen) atoms. The quantitative estimate of drug-likeness (QED) is 0.281. The van der Waals surface area contributed by atoms with Crippen molar-refractivity contribution in [1.82, 2.24) is 4.90 Å². The van der Waals surface area contributed by atoms with Crippen LogP contribution >= 0.6 is 0 Å². The molecule has 0 aliphatic carbocycles. The molecule has 0 fully saturated rings. The van der Waals surface area contributed by atoms with Gasteiger partial charge < -0.3 is 20.4 Å². The molecule has 0 saturated heterocycles. The van der Waals surface area contributed by atoms with Gasteiger partial charge in [0.15, 0.2) is 0 Å². The molecule has 0 aliphatic rings. The third kappa shape index (κ3) is 9.90. The van der Waals surface area contributed by atoms with Crippen LogP contribution in [0.2, 0.25) is 0 Å².